The number of allylic oxidation sites excluding steroid dienone is 4. The standard InChI is InChI=1S/C29H34N2O2/c1-3-4-13-26(31-19-18-30-29(33)25-12-8-9-21(2)28(25)31)23-14-16-24(17-15-23)27(32)20-22-10-6-5-7-11-22/h6,8-17,27,32H,3-5,7,18-20H2,1-2H3,(H,30,33)/b26-13+. The molecular formula is C29H34N2O2. The summed E-state index contributed by atoms with van der Waals surface area (Å²) < 4.78 is 0. The monoisotopic (exact) mass is 442 g/mol. The van der Waals surface area contributed by atoms with Gasteiger partial charge in [-0.05, 0) is 54.5 Å². The molecule has 1 amide bonds. The molecule has 0 fully saturated rings. The van der Waals surface area contributed by atoms with Crippen LogP contribution in [0.25, 0.3) is 5.70 Å². The van der Waals surface area contributed by atoms with Crippen molar-refractivity contribution in [1.29, 1.82) is 0 Å². The summed E-state index contributed by atoms with van der Waals surface area (Å²) in [6, 6.07) is 14.2. The number of aliphatic hydroxyl groups is 1. The number of nitrogens with one attached hydrogen (secondary N) is 1. The van der Waals surface area contributed by atoms with Crippen LogP contribution in [0, 0.1) is 6.92 Å². The molecule has 2 aliphatic rings. The molecule has 0 saturated heterocycles. The van der Waals surface area contributed by atoms with Crippen molar-refractivity contribution in [2.24, 2.45) is 0 Å². The first-order chi connectivity index (χ1) is 16.1. The number of unbranched alkanes of at least 4 members (excludes halogenated alkanes) is 1. The van der Waals surface area contributed by atoms with E-state index < -0.39 is 6.10 Å². The predicted octanol–water partition coefficient (Wildman–Crippen LogP) is 6.09. The first-order valence-corrected chi connectivity index (χ1v) is 12.1. The summed E-state index contributed by atoms with van der Waals surface area (Å²) in [5.74, 6) is -0.0180. The highest BCUT2D eigenvalue weighted by Gasteiger charge is 2.25. The lowest BCUT2D eigenvalue weighted by molar-refractivity contribution is 0.0958. The van der Waals surface area contributed by atoms with Crippen LogP contribution in [0.15, 0.2) is 72.3 Å². The Labute approximate surface area is 197 Å². The van der Waals surface area contributed by atoms with Crippen molar-refractivity contribution in [3.8, 4) is 0 Å². The van der Waals surface area contributed by atoms with Gasteiger partial charge in [-0.1, -0.05) is 74.0 Å². The summed E-state index contributed by atoms with van der Waals surface area (Å²) in [5.41, 5.74) is 7.13. The van der Waals surface area contributed by atoms with Crippen molar-refractivity contribution in [3.63, 3.8) is 0 Å². The second kappa shape index (κ2) is 10.7. The van der Waals surface area contributed by atoms with Gasteiger partial charge in [-0.3, -0.25) is 4.79 Å². The Kier molecular flexibility index (Phi) is 7.46. The molecule has 1 unspecified atom stereocenters. The molecule has 2 N–H and O–H groups in total. The van der Waals surface area contributed by atoms with Crippen LogP contribution in [0.2, 0.25) is 0 Å². The fourth-order valence-electron chi connectivity index (χ4n) is 4.63. The third-order valence-corrected chi connectivity index (χ3v) is 6.38. The van der Waals surface area contributed by atoms with Crippen LogP contribution < -0.4 is 10.2 Å². The Hall–Kier alpha value is -3.11. The average molecular weight is 443 g/mol. The number of benzene rings is 2. The average Bonchev–Trinajstić information content (AvgIpc) is 3.00. The fraction of sp³-hybridized carbons (Fsp3) is 0.345. The van der Waals surface area contributed by atoms with Gasteiger partial charge in [0.05, 0.1) is 17.4 Å². The Morgan fingerprint density at radius 2 is 2.00 bits per heavy atom. The number of fused-ring (bicyclic) bond motifs is 1. The summed E-state index contributed by atoms with van der Waals surface area (Å²) in [5, 5.41) is 13.8. The number of aliphatic hydroxyl groups excluding tert-OH is 1. The number of hydrogen-bond acceptors (Lipinski definition) is 3. The number of carbonyl (C=O) groups excluding carboxylic acids is 1. The van der Waals surface area contributed by atoms with Crippen LogP contribution >= 0.6 is 0 Å². The topological polar surface area (TPSA) is 52.6 Å². The molecule has 2 aromatic rings. The second-order valence-corrected chi connectivity index (χ2v) is 8.86. The van der Waals surface area contributed by atoms with Crippen molar-refractivity contribution in [2.75, 3.05) is 18.0 Å². The summed E-state index contributed by atoms with van der Waals surface area (Å²) >= 11 is 0. The van der Waals surface area contributed by atoms with E-state index in [2.05, 4.69) is 66.6 Å². The van der Waals surface area contributed by atoms with Crippen molar-refractivity contribution in [3.05, 3.63) is 94.6 Å². The minimum Gasteiger partial charge on any atom is -0.388 e. The van der Waals surface area contributed by atoms with Crippen LogP contribution in [-0.4, -0.2) is 24.1 Å². The Morgan fingerprint density at radius 3 is 2.73 bits per heavy atom. The molecule has 0 saturated carbocycles. The summed E-state index contributed by atoms with van der Waals surface area (Å²) in [4.78, 5) is 14.9. The molecule has 172 valence electrons. The van der Waals surface area contributed by atoms with Gasteiger partial charge >= 0.3 is 0 Å². The molecule has 1 heterocycles. The van der Waals surface area contributed by atoms with Crippen molar-refractivity contribution in [2.45, 2.75) is 52.1 Å². The lowest BCUT2D eigenvalue weighted by Gasteiger charge is -2.29. The highest BCUT2D eigenvalue weighted by molar-refractivity contribution is 6.03. The molecule has 0 aromatic heterocycles. The van der Waals surface area contributed by atoms with E-state index in [0.29, 0.717) is 19.5 Å². The first kappa shape index (κ1) is 23.1. The SMILES string of the molecule is CCC/C=C(\c1ccc(C(O)CC2=CCCC=C2)cc1)N1CCNC(=O)c2cccc(C)c21. The zero-order valence-electron chi connectivity index (χ0n) is 19.7. The van der Waals surface area contributed by atoms with Crippen LogP contribution in [0.4, 0.5) is 5.69 Å². The molecular weight excluding hydrogens is 408 g/mol. The Morgan fingerprint density at radius 1 is 1.18 bits per heavy atom. The Balaban J connectivity index is 1.65. The van der Waals surface area contributed by atoms with Crippen molar-refractivity contribution >= 4 is 17.3 Å². The van der Waals surface area contributed by atoms with E-state index in [1.54, 1.807) is 0 Å². The zero-order valence-corrected chi connectivity index (χ0v) is 19.7. The normalized spacial score (nSPS) is 17.2. The number of amides is 1. The highest BCUT2D eigenvalue weighted by Crippen LogP contribution is 2.34. The molecule has 2 aromatic carbocycles. The number of rotatable bonds is 7. The quantitative estimate of drug-likeness (QED) is 0.546. The van der Waals surface area contributed by atoms with Crippen LogP contribution in [0.3, 0.4) is 0 Å². The third-order valence-electron chi connectivity index (χ3n) is 6.38. The number of para-hydroxylation sites is 1. The van der Waals surface area contributed by atoms with E-state index in [-0.39, 0.29) is 5.91 Å². The van der Waals surface area contributed by atoms with Gasteiger partial charge in [-0.15, -0.1) is 0 Å². The molecule has 1 aliphatic carbocycles. The van der Waals surface area contributed by atoms with Crippen molar-refractivity contribution < 1.29 is 9.90 Å². The highest BCUT2D eigenvalue weighted by atomic mass is 16.3. The van der Waals surface area contributed by atoms with Gasteiger partial charge in [0.1, 0.15) is 0 Å². The Bertz CT molecular complexity index is 1080. The number of aryl methyl sites for hydroxylation is 1. The second-order valence-electron chi connectivity index (χ2n) is 8.86. The molecule has 1 atom stereocenters. The lowest BCUT2D eigenvalue weighted by Crippen LogP contribution is -2.29. The maximum absolute atomic E-state index is 12.7. The summed E-state index contributed by atoms with van der Waals surface area (Å²) in [6.07, 6.45) is 13.1. The molecule has 0 bridgehead atoms. The van der Waals surface area contributed by atoms with Gasteiger partial charge in [0, 0.05) is 25.2 Å². The van der Waals surface area contributed by atoms with Crippen LogP contribution in [0.1, 0.15) is 72.2 Å². The van der Waals surface area contributed by atoms with E-state index in [1.165, 1.54) is 5.57 Å². The van der Waals surface area contributed by atoms with Gasteiger partial charge in [0.25, 0.3) is 5.91 Å². The third kappa shape index (κ3) is 5.28. The molecule has 4 nitrogen and oxygen atoms in total. The zero-order chi connectivity index (χ0) is 23.2. The van der Waals surface area contributed by atoms with Gasteiger partial charge < -0.3 is 15.3 Å². The summed E-state index contributed by atoms with van der Waals surface area (Å²) in [6.45, 7) is 5.55. The van der Waals surface area contributed by atoms with E-state index in [1.807, 2.05) is 24.3 Å². The van der Waals surface area contributed by atoms with Crippen LogP contribution in [0.5, 0.6) is 0 Å². The van der Waals surface area contributed by atoms with E-state index in [0.717, 1.165) is 59.3 Å². The predicted molar refractivity (Wildman–Crippen MR) is 136 cm³/mol. The molecule has 1 aliphatic heterocycles. The van der Waals surface area contributed by atoms with E-state index in [4.69, 9.17) is 0 Å². The van der Waals surface area contributed by atoms with Crippen LogP contribution in [-0.2, 0) is 0 Å². The van der Waals surface area contributed by atoms with Crippen molar-refractivity contribution in [1.82, 2.24) is 5.32 Å². The molecule has 4 rings (SSSR count). The maximum Gasteiger partial charge on any atom is 0.253 e. The van der Waals surface area contributed by atoms with E-state index >= 15 is 0 Å². The van der Waals surface area contributed by atoms with Gasteiger partial charge in [-0.25, -0.2) is 0 Å². The molecule has 33 heavy (non-hydrogen) atoms. The van der Waals surface area contributed by atoms with E-state index in [9.17, 15) is 9.90 Å². The minimum atomic E-state index is -0.515. The van der Waals surface area contributed by atoms with Gasteiger partial charge in [-0.2, -0.15) is 0 Å². The molecule has 0 radical (unpaired) electrons. The fourth-order valence-corrected chi connectivity index (χ4v) is 4.63. The number of hydrogen-bond donors (Lipinski definition) is 2. The van der Waals surface area contributed by atoms with Gasteiger partial charge in [0.15, 0.2) is 0 Å². The van der Waals surface area contributed by atoms with Gasteiger partial charge in [0.2, 0.25) is 0 Å². The molecule has 0 spiro atoms. The minimum absolute atomic E-state index is 0.0180. The maximum atomic E-state index is 12.7. The number of nitrogens with zero attached hydrogens (tertiary/aromatic N) is 1. The smallest absolute Gasteiger partial charge is 0.253 e. The lowest BCUT2D eigenvalue weighted by atomic mass is 9.96. The number of carbonyl (C=O) groups is 1. The largest absolute Gasteiger partial charge is 0.388 e. The first-order valence-electron chi connectivity index (χ1n) is 12.1. The summed E-state index contributed by atoms with van der Waals surface area (Å²) in [7, 11) is 0. The molecule has 4 heteroatoms. The number of anilines is 1.